The lowest BCUT2D eigenvalue weighted by Crippen LogP contribution is -2.47. The van der Waals surface area contributed by atoms with E-state index in [1.54, 1.807) is 14.0 Å². The van der Waals surface area contributed by atoms with E-state index in [9.17, 15) is 9.59 Å². The Morgan fingerprint density at radius 1 is 1.07 bits per heavy atom. The first-order valence-corrected chi connectivity index (χ1v) is 11.3. The van der Waals surface area contributed by atoms with Crippen molar-refractivity contribution in [3.8, 4) is 0 Å². The summed E-state index contributed by atoms with van der Waals surface area (Å²) in [6.45, 7) is 5.02. The number of amides is 2. The molecular weight excluding hydrogens is 384 g/mol. The van der Waals surface area contributed by atoms with Crippen molar-refractivity contribution < 1.29 is 18.8 Å². The first-order chi connectivity index (χ1) is 14.5. The lowest BCUT2D eigenvalue weighted by molar-refractivity contribution is -0.134. The van der Waals surface area contributed by atoms with E-state index in [0.717, 1.165) is 70.0 Å². The summed E-state index contributed by atoms with van der Waals surface area (Å²) < 4.78 is 10.5. The van der Waals surface area contributed by atoms with E-state index in [-0.39, 0.29) is 17.2 Å². The molecule has 0 radical (unpaired) electrons. The maximum absolute atomic E-state index is 12.9. The Labute approximate surface area is 178 Å². The second-order valence-corrected chi connectivity index (χ2v) is 9.41. The van der Waals surface area contributed by atoms with Crippen LogP contribution in [0.15, 0.2) is 4.52 Å². The Balaban J connectivity index is 1.33. The van der Waals surface area contributed by atoms with Gasteiger partial charge in [0, 0.05) is 52.0 Å². The van der Waals surface area contributed by atoms with Crippen molar-refractivity contribution >= 4 is 11.8 Å². The van der Waals surface area contributed by atoms with Gasteiger partial charge in [-0.25, -0.2) is 0 Å². The normalized spacial score (nSPS) is 22.3. The fourth-order valence-electron chi connectivity index (χ4n) is 5.06. The van der Waals surface area contributed by atoms with Gasteiger partial charge in [0.1, 0.15) is 6.61 Å². The van der Waals surface area contributed by atoms with Gasteiger partial charge in [-0.15, -0.1) is 0 Å². The number of piperidine rings is 2. The van der Waals surface area contributed by atoms with Crippen LogP contribution in [-0.2, 0) is 26.3 Å². The molecule has 1 saturated carbocycles. The minimum absolute atomic E-state index is 0.0831. The molecule has 2 aliphatic heterocycles. The molecular formula is C22H34N4O4. The van der Waals surface area contributed by atoms with Crippen LogP contribution in [0.4, 0.5) is 0 Å². The Kier molecular flexibility index (Phi) is 6.41. The number of ether oxygens (including phenoxy) is 1. The van der Waals surface area contributed by atoms with E-state index in [0.29, 0.717) is 24.8 Å². The lowest BCUT2D eigenvalue weighted by atomic mass is 9.73. The van der Waals surface area contributed by atoms with E-state index in [1.165, 1.54) is 12.8 Å². The number of carbonyl (C=O) groups excluding carboxylic acids is 2. The zero-order chi connectivity index (χ0) is 21.1. The van der Waals surface area contributed by atoms with Gasteiger partial charge in [-0.05, 0) is 43.9 Å². The number of hydrogen-bond acceptors (Lipinski definition) is 6. The first kappa shape index (κ1) is 21.3. The summed E-state index contributed by atoms with van der Waals surface area (Å²) in [5.74, 6) is 2.86. The summed E-state index contributed by atoms with van der Waals surface area (Å²) in [7, 11) is 1.62. The number of rotatable bonds is 7. The van der Waals surface area contributed by atoms with Crippen molar-refractivity contribution in [2.45, 2.75) is 70.3 Å². The number of hydrogen-bond donors (Lipinski definition) is 0. The van der Waals surface area contributed by atoms with Crippen molar-refractivity contribution in [1.82, 2.24) is 19.9 Å². The summed E-state index contributed by atoms with van der Waals surface area (Å²) in [5.41, 5.74) is -0.0831. The molecule has 3 fully saturated rings. The van der Waals surface area contributed by atoms with Crippen LogP contribution in [0.3, 0.4) is 0 Å². The highest BCUT2D eigenvalue weighted by atomic mass is 16.5. The van der Waals surface area contributed by atoms with Gasteiger partial charge >= 0.3 is 0 Å². The Morgan fingerprint density at radius 2 is 1.77 bits per heavy atom. The Hall–Kier alpha value is -1.96. The third kappa shape index (κ3) is 4.85. The predicted octanol–water partition coefficient (Wildman–Crippen LogP) is 2.52. The van der Waals surface area contributed by atoms with Crippen molar-refractivity contribution in [2.24, 2.45) is 11.8 Å². The van der Waals surface area contributed by atoms with E-state index in [1.807, 2.05) is 9.80 Å². The van der Waals surface area contributed by atoms with Gasteiger partial charge in [0.2, 0.25) is 11.8 Å². The topological polar surface area (TPSA) is 88.8 Å². The van der Waals surface area contributed by atoms with Crippen LogP contribution in [-0.4, -0.2) is 65.0 Å². The third-order valence-corrected chi connectivity index (χ3v) is 7.18. The van der Waals surface area contributed by atoms with Gasteiger partial charge in [-0.1, -0.05) is 18.0 Å². The van der Waals surface area contributed by atoms with Gasteiger partial charge in [0.25, 0.3) is 5.89 Å². The molecule has 2 saturated heterocycles. The molecule has 1 aromatic rings. The molecule has 1 aliphatic carbocycles. The largest absolute Gasteiger partial charge is 0.375 e. The number of likely N-dealkylation sites (tertiary alicyclic amines) is 2. The summed E-state index contributed by atoms with van der Waals surface area (Å²) in [6, 6.07) is 0. The Bertz CT molecular complexity index is 744. The molecule has 0 aromatic carbocycles. The molecule has 30 heavy (non-hydrogen) atoms. The molecule has 8 heteroatoms. The Morgan fingerprint density at radius 3 is 2.37 bits per heavy atom. The molecule has 166 valence electrons. The fraction of sp³-hybridized carbons (Fsp3) is 0.818. The second kappa shape index (κ2) is 9.04. The van der Waals surface area contributed by atoms with Crippen LogP contribution in [0.1, 0.15) is 70.0 Å². The zero-order valence-electron chi connectivity index (χ0n) is 18.3. The molecule has 4 rings (SSSR count). The zero-order valence-corrected chi connectivity index (χ0v) is 18.3. The highest BCUT2D eigenvalue weighted by Gasteiger charge is 2.44. The first-order valence-electron chi connectivity index (χ1n) is 11.3. The highest BCUT2D eigenvalue weighted by Crippen LogP contribution is 2.46. The van der Waals surface area contributed by atoms with E-state index in [4.69, 9.17) is 9.26 Å². The average Bonchev–Trinajstić information content (AvgIpc) is 3.42. The molecule has 0 bridgehead atoms. The molecule has 3 heterocycles. The highest BCUT2D eigenvalue weighted by molar-refractivity contribution is 5.77. The number of carbonyl (C=O) groups is 2. The number of nitrogens with zero attached hydrogens (tertiary/aromatic N) is 4. The van der Waals surface area contributed by atoms with Gasteiger partial charge in [0.05, 0.1) is 0 Å². The number of methoxy groups -OCH3 is 1. The monoisotopic (exact) mass is 418 g/mol. The van der Waals surface area contributed by atoms with Crippen LogP contribution in [0.2, 0.25) is 0 Å². The van der Waals surface area contributed by atoms with Crippen LogP contribution in [0.5, 0.6) is 0 Å². The van der Waals surface area contributed by atoms with Gasteiger partial charge < -0.3 is 19.1 Å². The lowest BCUT2D eigenvalue weighted by Gasteiger charge is -2.41. The SMILES string of the molecule is COCc1nc(C2(CC3CC3)CCN(C(=O)CC3CCN(C(C)=O)CC3)CC2)no1. The van der Waals surface area contributed by atoms with Crippen molar-refractivity contribution in [2.75, 3.05) is 33.3 Å². The molecule has 0 unspecified atom stereocenters. The van der Waals surface area contributed by atoms with E-state index >= 15 is 0 Å². The van der Waals surface area contributed by atoms with Gasteiger partial charge in [-0.2, -0.15) is 4.98 Å². The molecule has 8 nitrogen and oxygen atoms in total. The van der Waals surface area contributed by atoms with Gasteiger partial charge in [-0.3, -0.25) is 9.59 Å². The van der Waals surface area contributed by atoms with Crippen LogP contribution < -0.4 is 0 Å². The molecule has 3 aliphatic rings. The number of aromatic nitrogens is 2. The maximum Gasteiger partial charge on any atom is 0.252 e. The molecule has 0 N–H and O–H groups in total. The van der Waals surface area contributed by atoms with Gasteiger partial charge in [0.15, 0.2) is 5.82 Å². The van der Waals surface area contributed by atoms with E-state index in [2.05, 4.69) is 10.1 Å². The smallest absolute Gasteiger partial charge is 0.252 e. The standard InChI is InChI=1S/C22H34N4O4/c1-16(27)25-9-5-17(6-10-25)13-20(28)26-11-7-22(8-12-26,14-18-3-4-18)21-23-19(15-29-2)30-24-21/h17-18H,3-15H2,1-2H3. The van der Waals surface area contributed by atoms with Crippen LogP contribution >= 0.6 is 0 Å². The summed E-state index contributed by atoms with van der Waals surface area (Å²) in [5, 5.41) is 4.29. The quantitative estimate of drug-likeness (QED) is 0.676. The minimum atomic E-state index is -0.0831. The molecule has 0 spiro atoms. The van der Waals surface area contributed by atoms with E-state index < -0.39 is 0 Å². The maximum atomic E-state index is 12.9. The predicted molar refractivity (Wildman–Crippen MR) is 109 cm³/mol. The molecule has 2 amide bonds. The van der Waals surface area contributed by atoms with Crippen molar-refractivity contribution in [1.29, 1.82) is 0 Å². The third-order valence-electron chi connectivity index (χ3n) is 7.18. The average molecular weight is 419 g/mol. The van der Waals surface area contributed by atoms with Crippen molar-refractivity contribution in [3.05, 3.63) is 11.7 Å². The molecule has 1 aromatic heterocycles. The van der Waals surface area contributed by atoms with Crippen LogP contribution in [0, 0.1) is 11.8 Å². The summed E-state index contributed by atoms with van der Waals surface area (Å²) in [6.07, 6.45) is 7.89. The minimum Gasteiger partial charge on any atom is -0.375 e. The molecule has 0 atom stereocenters. The second-order valence-electron chi connectivity index (χ2n) is 9.41. The van der Waals surface area contributed by atoms with Crippen LogP contribution in [0.25, 0.3) is 0 Å². The van der Waals surface area contributed by atoms with Crippen molar-refractivity contribution in [3.63, 3.8) is 0 Å². The summed E-state index contributed by atoms with van der Waals surface area (Å²) in [4.78, 5) is 33.0. The summed E-state index contributed by atoms with van der Waals surface area (Å²) >= 11 is 0. The fourth-order valence-corrected chi connectivity index (χ4v) is 5.06.